The maximum absolute atomic E-state index is 12.8. The molecule has 51 heavy (non-hydrogen) atoms. The van der Waals surface area contributed by atoms with Crippen LogP contribution in [0.2, 0.25) is 5.15 Å². The van der Waals surface area contributed by atoms with Crippen LogP contribution in [0.3, 0.4) is 0 Å². The van der Waals surface area contributed by atoms with Crippen molar-refractivity contribution < 1.29 is 62.7 Å². The van der Waals surface area contributed by atoms with Gasteiger partial charge >= 0.3 is 31.8 Å². The van der Waals surface area contributed by atoms with Crippen LogP contribution in [0.4, 0.5) is 52.7 Å². The van der Waals surface area contributed by atoms with Crippen LogP contribution in [0.15, 0.2) is 72.8 Å². The highest BCUT2D eigenvalue weighted by atomic mass is 35.5. The van der Waals surface area contributed by atoms with E-state index >= 15 is 0 Å². The van der Waals surface area contributed by atoms with Gasteiger partial charge in [0.25, 0.3) is 11.6 Å². The molecule has 0 amide bonds. The Labute approximate surface area is 282 Å². The summed E-state index contributed by atoms with van der Waals surface area (Å²) in [5, 5.41) is 37.0. The number of nitrogens with zero attached hydrogens (tertiary/aromatic N) is 8. The minimum atomic E-state index is -4.74. The molecule has 0 atom stereocenters. The Kier molecular flexibility index (Phi) is 11.9. The fourth-order valence-electron chi connectivity index (χ4n) is 3.74. The minimum absolute atomic E-state index is 0. The van der Waals surface area contributed by atoms with Crippen LogP contribution in [-0.4, -0.2) is 56.8 Å². The van der Waals surface area contributed by atoms with Crippen molar-refractivity contribution in [2.75, 3.05) is 0 Å². The molecule has 0 aliphatic rings. The van der Waals surface area contributed by atoms with Gasteiger partial charge in [-0.2, -0.15) is 71.9 Å². The molecule has 4 aromatic heterocycles. The van der Waals surface area contributed by atoms with Gasteiger partial charge in [-0.3, -0.25) is 0 Å². The summed E-state index contributed by atoms with van der Waals surface area (Å²) in [4.78, 5) is 0. The van der Waals surface area contributed by atoms with Crippen LogP contribution in [0.1, 0.15) is 22.8 Å². The van der Waals surface area contributed by atoms with Gasteiger partial charge < -0.3 is 17.5 Å². The maximum Gasteiger partial charge on any atom is 0.488 e. The van der Waals surface area contributed by atoms with Crippen LogP contribution in [0.25, 0.3) is 22.6 Å². The molecule has 0 aliphatic carbocycles. The molecule has 0 fully saturated rings. The zero-order valence-electron chi connectivity index (χ0n) is 24.9. The second-order valence-electron chi connectivity index (χ2n) is 9.53. The van der Waals surface area contributed by atoms with Crippen molar-refractivity contribution in [2.45, 2.75) is 24.7 Å². The molecular weight excluding hydrogens is 743 g/mol. The first kappa shape index (κ1) is 40.4. The Morgan fingerprint density at radius 1 is 0.510 bits per heavy atom. The summed E-state index contributed by atoms with van der Waals surface area (Å²) in [6, 6.07) is 12.8. The van der Waals surface area contributed by atoms with Crippen molar-refractivity contribution in [3.8, 4) is 11.3 Å². The lowest BCUT2D eigenvalue weighted by molar-refractivity contribution is -0.147. The number of halogens is 13. The predicted molar refractivity (Wildman–Crippen MR) is 155 cm³/mol. The number of aromatic nitrogens is 8. The minimum Gasteiger partial charge on any atom is -0.423 e. The van der Waals surface area contributed by atoms with Crippen molar-refractivity contribution in [1.29, 1.82) is 0 Å². The Bertz CT molecular complexity index is 2060. The molecule has 0 spiro atoms. The molecule has 6 rings (SSSR count). The van der Waals surface area contributed by atoms with E-state index in [1.54, 1.807) is 0 Å². The van der Waals surface area contributed by atoms with Crippen molar-refractivity contribution >= 4 is 35.5 Å². The normalized spacial score (nSPS) is 12.1. The number of hydrogen-bond acceptors (Lipinski definition) is 8. The molecule has 272 valence electrons. The maximum atomic E-state index is 12.8. The van der Waals surface area contributed by atoms with E-state index in [-0.39, 0.29) is 40.6 Å². The summed E-state index contributed by atoms with van der Waals surface area (Å²) < 4.78 is 150. The van der Waals surface area contributed by atoms with Gasteiger partial charge in [-0.15, -0.1) is 20.4 Å². The van der Waals surface area contributed by atoms with Gasteiger partial charge in [-0.1, -0.05) is 48.0 Å². The zero-order chi connectivity index (χ0) is 37.2. The monoisotopic (exact) mass is 759 g/mol. The fourth-order valence-corrected chi connectivity index (χ4v) is 3.88. The molecule has 0 bridgehead atoms. The molecule has 0 unspecified atom stereocenters. The molecule has 2 N–H and O–H groups in total. The number of benzene rings is 2. The van der Waals surface area contributed by atoms with Gasteiger partial charge in [0.05, 0.1) is 16.8 Å². The first-order chi connectivity index (χ1) is 23.1. The molecule has 0 radical (unpaired) electrons. The number of rotatable bonds is 2. The SMILES string of the molecule is FC(F)(F)c1ccc(-c2ccc3nnc(C(F)(F)F)n3n2)cc1.FC(F)(F)c1nnc2ccc(Cl)nn12.OB(O)c1ccc(C(F)(F)F)cc1.[CH3-]. The highest BCUT2D eigenvalue weighted by Crippen LogP contribution is 2.32. The van der Waals surface area contributed by atoms with E-state index < -0.39 is 54.6 Å². The summed E-state index contributed by atoms with van der Waals surface area (Å²) in [5.41, 5.74) is -1.44. The topological polar surface area (TPSA) is 127 Å². The third kappa shape index (κ3) is 10.0. The molecule has 0 aliphatic heterocycles. The van der Waals surface area contributed by atoms with E-state index in [4.69, 9.17) is 21.6 Å². The summed E-state index contributed by atoms with van der Waals surface area (Å²) >= 11 is 5.44. The van der Waals surface area contributed by atoms with Crippen LogP contribution in [-0.2, 0) is 24.7 Å². The fraction of sp³-hybridized carbons (Fsp3) is 0.148. The van der Waals surface area contributed by atoms with E-state index in [1.807, 2.05) is 0 Å². The number of fused-ring (bicyclic) bond motifs is 2. The van der Waals surface area contributed by atoms with Gasteiger partial charge in [-0.25, -0.2) is 0 Å². The summed E-state index contributed by atoms with van der Waals surface area (Å²) in [6.07, 6.45) is -18.2. The summed E-state index contributed by atoms with van der Waals surface area (Å²) in [6.45, 7) is 0. The van der Waals surface area contributed by atoms with Crippen LogP contribution in [0, 0.1) is 7.43 Å². The molecule has 0 saturated heterocycles. The molecular formula is C27H17BClF12N8O2-. The molecule has 4 heterocycles. The van der Waals surface area contributed by atoms with Gasteiger partial charge in [0.2, 0.25) is 0 Å². The van der Waals surface area contributed by atoms with E-state index in [9.17, 15) is 52.7 Å². The Hall–Kier alpha value is -5.03. The van der Waals surface area contributed by atoms with Gasteiger partial charge in [0.1, 0.15) is 5.15 Å². The largest absolute Gasteiger partial charge is 0.488 e. The lowest BCUT2D eigenvalue weighted by atomic mass is 9.80. The molecule has 10 nitrogen and oxygen atoms in total. The Morgan fingerprint density at radius 2 is 0.922 bits per heavy atom. The first-order valence-electron chi connectivity index (χ1n) is 13.0. The van der Waals surface area contributed by atoms with Crippen molar-refractivity contribution in [3.05, 3.63) is 108 Å². The highest BCUT2D eigenvalue weighted by molar-refractivity contribution is 6.58. The molecule has 6 aromatic rings. The van der Waals surface area contributed by atoms with Crippen molar-refractivity contribution in [2.24, 2.45) is 0 Å². The van der Waals surface area contributed by atoms with Crippen molar-refractivity contribution in [3.63, 3.8) is 0 Å². The van der Waals surface area contributed by atoms with Crippen molar-refractivity contribution in [1.82, 2.24) is 39.6 Å². The zero-order valence-corrected chi connectivity index (χ0v) is 25.6. The number of hydrogen-bond donors (Lipinski definition) is 2. The second-order valence-corrected chi connectivity index (χ2v) is 9.91. The smallest absolute Gasteiger partial charge is 0.423 e. The highest BCUT2D eigenvalue weighted by Gasteiger charge is 2.38. The van der Waals surface area contributed by atoms with E-state index in [2.05, 4.69) is 30.6 Å². The van der Waals surface area contributed by atoms with Gasteiger partial charge in [0.15, 0.2) is 11.3 Å². The predicted octanol–water partition coefficient (Wildman–Crippen LogP) is 6.46. The quantitative estimate of drug-likeness (QED) is 0.117. The average Bonchev–Trinajstić information content (AvgIpc) is 3.65. The lowest BCUT2D eigenvalue weighted by Crippen LogP contribution is -2.29. The third-order valence-corrected chi connectivity index (χ3v) is 6.25. The van der Waals surface area contributed by atoms with Crippen LogP contribution < -0.4 is 5.46 Å². The first-order valence-corrected chi connectivity index (χ1v) is 13.4. The molecule has 24 heteroatoms. The van der Waals surface area contributed by atoms with E-state index in [1.165, 1.54) is 24.3 Å². The third-order valence-electron chi connectivity index (χ3n) is 6.04. The Balaban J connectivity index is 0.000000217. The molecule has 2 aromatic carbocycles. The lowest BCUT2D eigenvalue weighted by Gasteiger charge is -2.08. The molecule has 0 saturated carbocycles. The van der Waals surface area contributed by atoms with Gasteiger partial charge in [-0.05, 0) is 41.9 Å². The van der Waals surface area contributed by atoms with E-state index in [0.717, 1.165) is 48.5 Å². The van der Waals surface area contributed by atoms with Crippen LogP contribution >= 0.6 is 11.6 Å². The summed E-state index contributed by atoms with van der Waals surface area (Å²) in [7, 11) is -1.73. The Morgan fingerprint density at radius 3 is 1.33 bits per heavy atom. The van der Waals surface area contributed by atoms with Crippen LogP contribution in [0.5, 0.6) is 0 Å². The standard InChI is InChI=1S/C13H6F6N4.C7H6BF3O2.C6H2ClF3N4.CH3/c14-12(15,16)8-3-1-7(2-4-8)9-5-6-10-20-21-11(13(17,18)19)23(10)22-9;9-7(10,11)5-1-3-6(4-2-5)8(12)13;7-3-1-2-4-11-12-5(6(8,9)10)14(4)13-3;/h1-6H;1-4,12-13H;1-2H;1H3/q;;;-1. The average molecular weight is 760 g/mol. The number of alkyl halides is 12. The van der Waals surface area contributed by atoms with Gasteiger partial charge in [0, 0.05) is 5.56 Å². The van der Waals surface area contributed by atoms with E-state index in [0.29, 0.717) is 9.03 Å². The summed E-state index contributed by atoms with van der Waals surface area (Å²) in [5.74, 6) is -2.49. The second kappa shape index (κ2) is 15.1.